The molecule has 4 heteroatoms. The second-order valence-corrected chi connectivity index (χ2v) is 8.22. The van der Waals surface area contributed by atoms with Gasteiger partial charge in [0.15, 0.2) is 0 Å². The highest BCUT2D eigenvalue weighted by molar-refractivity contribution is 14.1. The Balaban J connectivity index is 2.83. The summed E-state index contributed by atoms with van der Waals surface area (Å²) in [5.41, 5.74) is -0.0642. The van der Waals surface area contributed by atoms with Crippen LogP contribution in [0.2, 0.25) is 0 Å². The Bertz CT molecular complexity index is 350. The Labute approximate surface area is 151 Å². The maximum Gasteiger partial charge on any atom is 0.234 e. The van der Waals surface area contributed by atoms with Crippen LogP contribution in [0, 0.1) is 11.3 Å². The molecule has 0 aromatic rings. The summed E-state index contributed by atoms with van der Waals surface area (Å²) in [6.45, 7) is 10.2. The molecule has 0 bridgehead atoms. The highest BCUT2D eigenvalue weighted by atomic mass is 127. The minimum absolute atomic E-state index is 0.152. The fourth-order valence-electron chi connectivity index (χ4n) is 3.52. The predicted molar refractivity (Wildman–Crippen MR) is 103 cm³/mol. The number of rotatable bonds is 5. The lowest BCUT2D eigenvalue weighted by molar-refractivity contribution is -0.129. The molecule has 3 nitrogen and oxygen atoms in total. The summed E-state index contributed by atoms with van der Waals surface area (Å²) in [7, 11) is 0. The van der Waals surface area contributed by atoms with Crippen LogP contribution in [0.25, 0.3) is 0 Å². The second-order valence-electron chi connectivity index (χ2n) is 7.68. The zero-order valence-corrected chi connectivity index (χ0v) is 17.1. The average Bonchev–Trinajstić information content (AvgIpc) is 2.51. The fraction of sp³-hybridized carbons (Fsp3) is 0.944. The summed E-state index contributed by atoms with van der Waals surface area (Å²) in [6.07, 6.45) is 10.5. The third-order valence-electron chi connectivity index (χ3n) is 5.84. The third-order valence-corrected chi connectivity index (χ3v) is 6.33. The lowest BCUT2D eigenvalue weighted by Crippen LogP contribution is -2.50. The van der Waals surface area contributed by atoms with Crippen molar-refractivity contribution in [2.45, 2.75) is 91.0 Å². The minimum Gasteiger partial charge on any atom is -0.311 e. The van der Waals surface area contributed by atoms with E-state index < -0.39 is 0 Å². The second kappa shape index (κ2) is 9.45. The highest BCUT2D eigenvalue weighted by Gasteiger charge is 2.38. The molecule has 0 saturated heterocycles. The third kappa shape index (κ3) is 5.66. The summed E-state index contributed by atoms with van der Waals surface area (Å²) >= 11 is 1.99. The number of hydrogen-bond donors (Lipinski definition) is 2. The van der Waals surface area contributed by atoms with Gasteiger partial charge in [0.2, 0.25) is 5.91 Å². The normalized spacial score (nSPS) is 34.1. The zero-order valence-electron chi connectivity index (χ0n) is 14.9. The number of amides is 1. The summed E-state index contributed by atoms with van der Waals surface area (Å²) in [6, 6.07) is 0. The van der Waals surface area contributed by atoms with E-state index in [1.165, 1.54) is 38.5 Å². The van der Waals surface area contributed by atoms with E-state index in [0.29, 0.717) is 5.92 Å². The van der Waals surface area contributed by atoms with Gasteiger partial charge in [0.05, 0.1) is 22.9 Å². The van der Waals surface area contributed by atoms with E-state index in [4.69, 9.17) is 0 Å². The van der Waals surface area contributed by atoms with Crippen LogP contribution in [0.5, 0.6) is 0 Å². The van der Waals surface area contributed by atoms with Gasteiger partial charge in [0.1, 0.15) is 0 Å². The molecule has 1 fully saturated rings. The maximum atomic E-state index is 12.4. The fourth-order valence-corrected chi connectivity index (χ4v) is 4.17. The van der Waals surface area contributed by atoms with E-state index >= 15 is 0 Å². The van der Waals surface area contributed by atoms with Gasteiger partial charge in [-0.15, -0.1) is 0 Å². The molecule has 3 atom stereocenters. The first-order valence-corrected chi connectivity index (χ1v) is 10.1. The molecule has 130 valence electrons. The molecule has 1 saturated carbocycles. The van der Waals surface area contributed by atoms with E-state index in [9.17, 15) is 4.79 Å². The smallest absolute Gasteiger partial charge is 0.234 e. The predicted octanol–water partition coefficient (Wildman–Crippen LogP) is 4.99. The number of hydrogen-bond acceptors (Lipinski definition) is 2. The Morgan fingerprint density at radius 3 is 2.55 bits per heavy atom. The van der Waals surface area contributed by atoms with E-state index in [0.717, 1.165) is 25.8 Å². The molecular formula is C18H35IN2O. The Hall–Kier alpha value is 0.160. The van der Waals surface area contributed by atoms with E-state index in [1.807, 2.05) is 22.9 Å². The largest absolute Gasteiger partial charge is 0.311 e. The van der Waals surface area contributed by atoms with Gasteiger partial charge < -0.3 is 5.32 Å². The van der Waals surface area contributed by atoms with Crippen LogP contribution >= 0.6 is 22.9 Å². The van der Waals surface area contributed by atoms with Gasteiger partial charge >= 0.3 is 0 Å². The zero-order chi connectivity index (χ0) is 16.6. The van der Waals surface area contributed by atoms with Crippen LogP contribution < -0.4 is 8.85 Å². The molecule has 3 unspecified atom stereocenters. The summed E-state index contributed by atoms with van der Waals surface area (Å²) in [5.74, 6) is 0.867. The first-order valence-electron chi connectivity index (χ1n) is 9.04. The number of halogens is 1. The highest BCUT2D eigenvalue weighted by Crippen LogP contribution is 2.38. The molecule has 0 heterocycles. The van der Waals surface area contributed by atoms with Crippen molar-refractivity contribution in [3.63, 3.8) is 0 Å². The summed E-state index contributed by atoms with van der Waals surface area (Å²) in [4.78, 5) is 12.4. The van der Waals surface area contributed by atoms with Crippen LogP contribution in [-0.2, 0) is 4.79 Å². The quantitative estimate of drug-likeness (QED) is 0.373. The van der Waals surface area contributed by atoms with Crippen molar-refractivity contribution >= 4 is 28.8 Å². The van der Waals surface area contributed by atoms with Crippen molar-refractivity contribution in [3.8, 4) is 0 Å². The topological polar surface area (TPSA) is 41.1 Å². The Morgan fingerprint density at radius 2 is 1.91 bits per heavy atom. The summed E-state index contributed by atoms with van der Waals surface area (Å²) < 4.78 is 2.86. The molecule has 0 aliphatic heterocycles. The average molecular weight is 422 g/mol. The molecule has 1 aliphatic carbocycles. The molecule has 1 amide bonds. The van der Waals surface area contributed by atoms with Crippen molar-refractivity contribution < 1.29 is 4.79 Å². The van der Waals surface area contributed by atoms with Crippen molar-refractivity contribution in [1.82, 2.24) is 8.85 Å². The van der Waals surface area contributed by atoms with Gasteiger partial charge in [-0.3, -0.25) is 8.32 Å². The van der Waals surface area contributed by atoms with Crippen LogP contribution in [0.1, 0.15) is 85.5 Å². The lowest BCUT2D eigenvalue weighted by atomic mass is 9.71. The molecule has 22 heavy (non-hydrogen) atoms. The number of carbonyl (C=O) groups excluding carboxylic acids is 1. The molecule has 0 aromatic carbocycles. The number of nitrogens with one attached hydrogen (secondary N) is 2. The number of unbranched alkanes of at least 4 members (excludes halogenated alkanes) is 1. The lowest BCUT2D eigenvalue weighted by Gasteiger charge is -2.41. The molecule has 0 aromatic heterocycles. The van der Waals surface area contributed by atoms with Crippen molar-refractivity contribution in [2.24, 2.45) is 11.3 Å². The Morgan fingerprint density at radius 1 is 1.18 bits per heavy atom. The van der Waals surface area contributed by atoms with E-state index in [-0.39, 0.29) is 16.9 Å². The van der Waals surface area contributed by atoms with E-state index in [1.54, 1.807) is 0 Å². The van der Waals surface area contributed by atoms with Crippen LogP contribution in [-0.4, -0.2) is 18.0 Å². The standard InChI is InChI=1S/C18H35IN2O/c1-5-6-14-20-18(4)13-12-17(3,16(22)21-19)11-9-7-8-10-15(18)2/h15,20H,5-14H2,1-4H3,(H,21,22). The summed E-state index contributed by atoms with van der Waals surface area (Å²) in [5, 5.41) is 3.83. The minimum atomic E-state index is -0.216. The molecular weight excluding hydrogens is 387 g/mol. The van der Waals surface area contributed by atoms with Crippen molar-refractivity contribution in [2.75, 3.05) is 6.54 Å². The maximum absolute atomic E-state index is 12.4. The van der Waals surface area contributed by atoms with Gasteiger partial charge in [-0.25, -0.2) is 0 Å². The number of carbonyl (C=O) groups is 1. The van der Waals surface area contributed by atoms with Gasteiger partial charge in [0.25, 0.3) is 0 Å². The van der Waals surface area contributed by atoms with Gasteiger partial charge in [-0.2, -0.15) is 0 Å². The van der Waals surface area contributed by atoms with Crippen molar-refractivity contribution in [3.05, 3.63) is 0 Å². The molecule has 1 aliphatic rings. The SMILES string of the molecule is CCCCNC1(C)CCC(C)(C(=O)NI)CCCCCC1C. The van der Waals surface area contributed by atoms with Crippen LogP contribution in [0.15, 0.2) is 0 Å². The van der Waals surface area contributed by atoms with E-state index in [2.05, 4.69) is 36.5 Å². The van der Waals surface area contributed by atoms with Gasteiger partial charge in [0, 0.05) is 11.0 Å². The van der Waals surface area contributed by atoms with Crippen molar-refractivity contribution in [1.29, 1.82) is 0 Å². The van der Waals surface area contributed by atoms with Crippen LogP contribution in [0.4, 0.5) is 0 Å². The van der Waals surface area contributed by atoms with Gasteiger partial charge in [-0.05, 0) is 51.5 Å². The van der Waals surface area contributed by atoms with Gasteiger partial charge in [-0.1, -0.05) is 46.5 Å². The molecule has 0 spiro atoms. The monoisotopic (exact) mass is 422 g/mol. The molecule has 1 rings (SSSR count). The molecule has 0 radical (unpaired) electrons. The van der Waals surface area contributed by atoms with Crippen LogP contribution in [0.3, 0.4) is 0 Å². The Kier molecular flexibility index (Phi) is 8.68. The first kappa shape index (κ1) is 20.2. The molecule has 2 N–H and O–H groups in total. The first-order chi connectivity index (χ1) is 10.4.